The lowest BCUT2D eigenvalue weighted by molar-refractivity contribution is -0.141. The molecule has 2 aliphatic rings. The van der Waals surface area contributed by atoms with E-state index < -0.39 is 11.9 Å². The molecule has 130 valence electrons. The number of piperidine rings is 1. The van der Waals surface area contributed by atoms with Crippen LogP contribution in [0.5, 0.6) is 0 Å². The van der Waals surface area contributed by atoms with Gasteiger partial charge in [0.15, 0.2) is 0 Å². The van der Waals surface area contributed by atoms with Crippen molar-refractivity contribution in [2.45, 2.75) is 31.8 Å². The van der Waals surface area contributed by atoms with Gasteiger partial charge in [0, 0.05) is 13.1 Å². The topological polar surface area (TPSA) is 81.1 Å². The van der Waals surface area contributed by atoms with Crippen LogP contribution in [0.1, 0.15) is 35.2 Å². The summed E-state index contributed by atoms with van der Waals surface area (Å²) in [6.07, 6.45) is 2.79. The van der Waals surface area contributed by atoms with Gasteiger partial charge in [0.25, 0.3) is 0 Å². The van der Waals surface area contributed by atoms with Crippen LogP contribution in [-0.4, -0.2) is 64.7 Å². The number of nitrogens with zero attached hydrogens (tertiary/aromatic N) is 2. The van der Waals surface area contributed by atoms with Crippen LogP contribution in [0, 0.1) is 5.41 Å². The average Bonchev–Trinajstić information content (AvgIpc) is 2.87. The number of likely N-dealkylation sites (N-methyl/N-ethyl adjacent to an activating group) is 1. The summed E-state index contributed by atoms with van der Waals surface area (Å²) in [5, 5.41) is 18.3. The highest BCUT2D eigenvalue weighted by atomic mass is 16.4. The molecule has 2 heterocycles. The molecule has 24 heavy (non-hydrogen) atoms. The van der Waals surface area contributed by atoms with E-state index in [1.807, 2.05) is 24.1 Å². The monoisotopic (exact) mass is 332 g/mol. The Balaban J connectivity index is 1.56. The van der Waals surface area contributed by atoms with Crippen molar-refractivity contribution in [3.63, 3.8) is 0 Å². The predicted octanol–water partition coefficient (Wildman–Crippen LogP) is 1.76. The Hall–Kier alpha value is -1.92. The number of rotatable bonds is 4. The Morgan fingerprint density at radius 3 is 2.29 bits per heavy atom. The van der Waals surface area contributed by atoms with E-state index in [-0.39, 0.29) is 11.5 Å². The van der Waals surface area contributed by atoms with Crippen molar-refractivity contribution in [1.82, 2.24) is 9.80 Å². The number of carboxylic acid groups (broad SMARTS) is 2. The van der Waals surface area contributed by atoms with Crippen molar-refractivity contribution >= 4 is 11.9 Å². The van der Waals surface area contributed by atoms with Gasteiger partial charge in [-0.15, -0.1) is 0 Å². The summed E-state index contributed by atoms with van der Waals surface area (Å²) in [6, 6.07) is 6.69. The lowest BCUT2D eigenvalue weighted by Crippen LogP contribution is -2.40. The van der Waals surface area contributed by atoms with Crippen molar-refractivity contribution in [3.8, 4) is 0 Å². The fraction of sp³-hybridized carbons (Fsp3) is 0.556. The van der Waals surface area contributed by atoms with Gasteiger partial charge >= 0.3 is 11.9 Å². The molecule has 6 heteroatoms. The van der Waals surface area contributed by atoms with Crippen LogP contribution in [-0.2, 0) is 11.3 Å². The Morgan fingerprint density at radius 1 is 1.17 bits per heavy atom. The highest BCUT2D eigenvalue weighted by molar-refractivity contribution is 5.87. The van der Waals surface area contributed by atoms with Gasteiger partial charge in [0.2, 0.25) is 0 Å². The number of hydrogen-bond acceptors (Lipinski definition) is 4. The van der Waals surface area contributed by atoms with E-state index in [4.69, 9.17) is 5.11 Å². The standard InChI is InChI=1S/C18H24N2O4/c1-19-12-18(10-15(19)17(23)24)6-8-20(9-7-18)11-13-2-4-14(5-3-13)16(21)22/h2-5,15H,6-12H2,1H3,(H,21,22)(H,23,24)/t15-/m1/s1. The number of carboxylic acids is 2. The summed E-state index contributed by atoms with van der Waals surface area (Å²) in [5.41, 5.74) is 1.56. The highest BCUT2D eigenvalue weighted by Gasteiger charge is 2.46. The van der Waals surface area contributed by atoms with E-state index in [1.54, 1.807) is 12.1 Å². The number of aromatic carboxylic acids is 1. The normalized spacial score (nSPS) is 24.3. The van der Waals surface area contributed by atoms with Crippen molar-refractivity contribution in [3.05, 3.63) is 35.4 Å². The van der Waals surface area contributed by atoms with Gasteiger partial charge in [-0.25, -0.2) is 4.79 Å². The molecule has 0 unspecified atom stereocenters. The molecule has 2 fully saturated rings. The van der Waals surface area contributed by atoms with Crippen molar-refractivity contribution in [1.29, 1.82) is 0 Å². The molecule has 3 rings (SSSR count). The van der Waals surface area contributed by atoms with Gasteiger partial charge < -0.3 is 10.2 Å². The van der Waals surface area contributed by atoms with Crippen LogP contribution in [0.15, 0.2) is 24.3 Å². The molecule has 0 saturated carbocycles. The Bertz CT molecular complexity index is 620. The summed E-state index contributed by atoms with van der Waals surface area (Å²) < 4.78 is 0. The molecule has 2 saturated heterocycles. The Morgan fingerprint density at radius 2 is 1.79 bits per heavy atom. The summed E-state index contributed by atoms with van der Waals surface area (Å²) in [5.74, 6) is -1.62. The van der Waals surface area contributed by atoms with Crippen LogP contribution in [0.3, 0.4) is 0 Å². The van der Waals surface area contributed by atoms with Crippen LogP contribution < -0.4 is 0 Å². The van der Waals surface area contributed by atoms with E-state index >= 15 is 0 Å². The Kier molecular flexibility index (Phi) is 4.60. The minimum Gasteiger partial charge on any atom is -0.480 e. The van der Waals surface area contributed by atoms with E-state index in [0.717, 1.165) is 51.0 Å². The van der Waals surface area contributed by atoms with E-state index in [1.165, 1.54) is 0 Å². The van der Waals surface area contributed by atoms with Crippen molar-refractivity contribution < 1.29 is 19.8 Å². The number of likely N-dealkylation sites (tertiary alicyclic amines) is 2. The van der Waals surface area contributed by atoms with Gasteiger partial charge in [-0.3, -0.25) is 14.6 Å². The predicted molar refractivity (Wildman–Crippen MR) is 89.0 cm³/mol. The molecule has 0 amide bonds. The highest BCUT2D eigenvalue weighted by Crippen LogP contribution is 2.43. The van der Waals surface area contributed by atoms with E-state index in [0.29, 0.717) is 5.56 Å². The zero-order valence-electron chi connectivity index (χ0n) is 13.9. The number of hydrogen-bond donors (Lipinski definition) is 2. The van der Waals surface area contributed by atoms with Crippen molar-refractivity contribution in [2.24, 2.45) is 5.41 Å². The molecule has 1 aromatic rings. The molecular weight excluding hydrogens is 308 g/mol. The molecule has 6 nitrogen and oxygen atoms in total. The molecule has 0 bridgehead atoms. The fourth-order valence-corrected chi connectivity index (χ4v) is 4.10. The summed E-state index contributed by atoms with van der Waals surface area (Å²) in [6.45, 7) is 3.60. The van der Waals surface area contributed by atoms with Crippen LogP contribution >= 0.6 is 0 Å². The first kappa shape index (κ1) is 16.9. The maximum Gasteiger partial charge on any atom is 0.335 e. The Labute approximate surface area is 141 Å². The average molecular weight is 332 g/mol. The third-order valence-corrected chi connectivity index (χ3v) is 5.55. The van der Waals surface area contributed by atoms with Gasteiger partial charge in [-0.05, 0) is 62.5 Å². The molecule has 0 radical (unpaired) electrons. The van der Waals surface area contributed by atoms with Crippen molar-refractivity contribution in [2.75, 3.05) is 26.7 Å². The fourth-order valence-electron chi connectivity index (χ4n) is 4.10. The molecule has 0 aromatic heterocycles. The first-order valence-corrected chi connectivity index (χ1v) is 8.36. The number of carbonyl (C=O) groups is 2. The maximum absolute atomic E-state index is 11.3. The van der Waals surface area contributed by atoms with Gasteiger partial charge in [-0.1, -0.05) is 12.1 Å². The molecule has 1 aromatic carbocycles. The molecule has 2 aliphatic heterocycles. The smallest absolute Gasteiger partial charge is 0.335 e. The quantitative estimate of drug-likeness (QED) is 0.874. The second kappa shape index (κ2) is 6.53. The minimum absolute atomic E-state index is 0.140. The second-order valence-electron chi connectivity index (χ2n) is 7.25. The lowest BCUT2D eigenvalue weighted by Gasteiger charge is -2.39. The maximum atomic E-state index is 11.3. The zero-order valence-corrected chi connectivity index (χ0v) is 13.9. The summed E-state index contributed by atoms with van der Waals surface area (Å²) in [4.78, 5) is 26.6. The number of aliphatic carboxylic acids is 1. The summed E-state index contributed by atoms with van der Waals surface area (Å²) in [7, 11) is 1.91. The first-order chi connectivity index (χ1) is 11.4. The van der Waals surface area contributed by atoms with Gasteiger partial charge in [-0.2, -0.15) is 0 Å². The zero-order chi connectivity index (χ0) is 17.3. The van der Waals surface area contributed by atoms with E-state index in [2.05, 4.69) is 4.90 Å². The van der Waals surface area contributed by atoms with Gasteiger partial charge in [0.05, 0.1) is 5.56 Å². The third-order valence-electron chi connectivity index (χ3n) is 5.55. The third kappa shape index (κ3) is 3.44. The summed E-state index contributed by atoms with van der Waals surface area (Å²) >= 11 is 0. The van der Waals surface area contributed by atoms with Crippen LogP contribution in [0.2, 0.25) is 0 Å². The minimum atomic E-state index is -0.903. The lowest BCUT2D eigenvalue weighted by atomic mass is 9.76. The molecule has 1 spiro atoms. The molecule has 1 atom stereocenters. The van der Waals surface area contributed by atoms with E-state index in [9.17, 15) is 14.7 Å². The SMILES string of the molecule is CN1CC2(CCN(Cc3ccc(C(=O)O)cc3)CC2)C[C@@H]1C(=O)O. The molecule has 2 N–H and O–H groups in total. The van der Waals surface area contributed by atoms with Crippen LogP contribution in [0.25, 0.3) is 0 Å². The molecule has 0 aliphatic carbocycles. The number of benzene rings is 1. The second-order valence-corrected chi connectivity index (χ2v) is 7.25. The van der Waals surface area contributed by atoms with Crippen LogP contribution in [0.4, 0.5) is 0 Å². The largest absolute Gasteiger partial charge is 0.480 e. The molecular formula is C18H24N2O4. The first-order valence-electron chi connectivity index (χ1n) is 8.36. The van der Waals surface area contributed by atoms with Gasteiger partial charge in [0.1, 0.15) is 6.04 Å².